The summed E-state index contributed by atoms with van der Waals surface area (Å²) in [5, 5.41) is 5.03. The van der Waals surface area contributed by atoms with Crippen LogP contribution in [0.5, 0.6) is 0 Å². The summed E-state index contributed by atoms with van der Waals surface area (Å²) in [5.41, 5.74) is 1.50. The highest BCUT2D eigenvalue weighted by Gasteiger charge is 2.39. The summed E-state index contributed by atoms with van der Waals surface area (Å²) in [4.78, 5) is 14.4. The number of ether oxygens (including phenoxy) is 1. The van der Waals surface area contributed by atoms with Crippen LogP contribution in [0.4, 0.5) is 10.1 Å². The van der Waals surface area contributed by atoms with Crippen LogP contribution in [0.25, 0.3) is 0 Å². The fraction of sp³-hybridized carbons (Fsp3) is 0.300. The van der Waals surface area contributed by atoms with E-state index in [0.717, 1.165) is 5.56 Å². The second-order valence-electron chi connectivity index (χ2n) is 6.93. The molecule has 2 heterocycles. The van der Waals surface area contributed by atoms with Crippen molar-refractivity contribution in [1.29, 1.82) is 0 Å². The Kier molecular flexibility index (Phi) is 5.10. The largest absolute Gasteiger partial charge is 0.378 e. The minimum Gasteiger partial charge on any atom is -0.378 e. The molecular formula is C20H20FN3O4S. The summed E-state index contributed by atoms with van der Waals surface area (Å²) in [7, 11) is -4.10. The number of aryl methyl sites for hydroxylation is 1. The van der Waals surface area contributed by atoms with Gasteiger partial charge in [-0.15, -0.1) is 0 Å². The molecule has 0 aromatic heterocycles. The van der Waals surface area contributed by atoms with Crippen LogP contribution in [-0.2, 0) is 25.9 Å². The summed E-state index contributed by atoms with van der Waals surface area (Å²) >= 11 is 0. The van der Waals surface area contributed by atoms with Gasteiger partial charge in [0.25, 0.3) is 5.91 Å². The number of anilines is 1. The lowest BCUT2D eigenvalue weighted by atomic mass is 10.2. The van der Waals surface area contributed by atoms with E-state index < -0.39 is 26.6 Å². The average Bonchev–Trinajstić information content (AvgIpc) is 2.71. The number of halogens is 1. The van der Waals surface area contributed by atoms with Gasteiger partial charge < -0.3 is 9.64 Å². The van der Waals surface area contributed by atoms with Crippen molar-refractivity contribution in [3.05, 3.63) is 59.4 Å². The van der Waals surface area contributed by atoms with Gasteiger partial charge in [-0.1, -0.05) is 24.3 Å². The van der Waals surface area contributed by atoms with E-state index in [1.54, 1.807) is 30.3 Å². The second kappa shape index (κ2) is 7.57. The summed E-state index contributed by atoms with van der Waals surface area (Å²) in [6, 6.07) is 11.0. The predicted molar refractivity (Wildman–Crippen MR) is 106 cm³/mol. The summed E-state index contributed by atoms with van der Waals surface area (Å²) in [5.74, 6) is -1.09. The first-order valence-electron chi connectivity index (χ1n) is 9.20. The number of amides is 1. The molecule has 0 radical (unpaired) electrons. The Bertz CT molecular complexity index is 1090. The lowest BCUT2D eigenvalue weighted by Gasteiger charge is -2.31. The van der Waals surface area contributed by atoms with Crippen molar-refractivity contribution in [1.82, 2.24) is 4.90 Å². The number of fused-ring (bicyclic) bond motifs is 1. The molecule has 0 N–H and O–H groups in total. The molecule has 2 aliphatic heterocycles. The number of nitrogens with zero attached hydrogens (tertiary/aromatic N) is 3. The normalized spacial score (nSPS) is 18.2. The summed E-state index contributed by atoms with van der Waals surface area (Å²) in [6.07, 6.45) is 0. The van der Waals surface area contributed by atoms with Gasteiger partial charge in [-0.05, 0) is 30.7 Å². The number of hydrogen-bond acceptors (Lipinski definition) is 6. The molecule has 1 amide bonds. The molecule has 0 bridgehead atoms. The smallest absolute Gasteiger partial charge is 0.286 e. The zero-order valence-corrected chi connectivity index (χ0v) is 16.7. The Morgan fingerprint density at radius 1 is 1.17 bits per heavy atom. The van der Waals surface area contributed by atoms with Crippen LogP contribution in [0.2, 0.25) is 0 Å². The van der Waals surface area contributed by atoms with Crippen molar-refractivity contribution in [3.63, 3.8) is 0 Å². The molecule has 29 heavy (non-hydrogen) atoms. The van der Waals surface area contributed by atoms with E-state index in [9.17, 15) is 17.6 Å². The van der Waals surface area contributed by atoms with E-state index in [-0.39, 0.29) is 11.4 Å². The number of hydrazone groups is 1. The molecule has 1 saturated heterocycles. The third-order valence-corrected chi connectivity index (χ3v) is 6.60. The maximum atomic E-state index is 14.2. The fourth-order valence-corrected chi connectivity index (χ4v) is 4.81. The van der Waals surface area contributed by atoms with Crippen LogP contribution in [0.1, 0.15) is 11.1 Å². The molecule has 7 nitrogen and oxygen atoms in total. The highest BCUT2D eigenvalue weighted by molar-refractivity contribution is 8.08. The van der Waals surface area contributed by atoms with Gasteiger partial charge >= 0.3 is 0 Å². The van der Waals surface area contributed by atoms with E-state index in [4.69, 9.17) is 4.74 Å². The molecule has 0 aliphatic carbocycles. The predicted octanol–water partition coefficient (Wildman–Crippen LogP) is 2.10. The first-order valence-corrected chi connectivity index (χ1v) is 10.7. The molecule has 2 aromatic rings. The molecule has 0 saturated carbocycles. The number of carbonyl (C=O) groups is 1. The van der Waals surface area contributed by atoms with Crippen molar-refractivity contribution < 1.29 is 22.3 Å². The van der Waals surface area contributed by atoms with Crippen LogP contribution in [0.15, 0.2) is 52.5 Å². The van der Waals surface area contributed by atoms with E-state index in [2.05, 4.69) is 5.10 Å². The third-order valence-electron chi connectivity index (χ3n) is 4.91. The standard InChI is InChI=1S/C20H20FN3O4S/c1-14-6-7-18-17(12-14)24(13-15-4-2-3-5-16(15)21)22-19(29(18,26)27)20(25)23-8-10-28-11-9-23/h2-7,12H,8-11,13H2,1H3. The SMILES string of the molecule is Cc1ccc2c(c1)N(Cc1ccccc1F)N=C(C(=O)N1CCOCC1)S2(=O)=O. The van der Waals surface area contributed by atoms with Crippen LogP contribution in [0.3, 0.4) is 0 Å². The Balaban J connectivity index is 1.80. The maximum absolute atomic E-state index is 14.2. The van der Waals surface area contributed by atoms with E-state index in [1.807, 2.05) is 6.92 Å². The Hall–Kier alpha value is -2.78. The molecule has 4 rings (SSSR count). The lowest BCUT2D eigenvalue weighted by Crippen LogP contribution is -2.47. The molecule has 2 aliphatic rings. The molecule has 152 valence electrons. The minimum absolute atomic E-state index is 0.00145. The zero-order valence-electron chi connectivity index (χ0n) is 15.8. The average molecular weight is 417 g/mol. The number of sulfone groups is 1. The molecule has 0 spiro atoms. The number of carbonyl (C=O) groups excluding carboxylic acids is 1. The van der Waals surface area contributed by atoms with Gasteiger partial charge in [0.15, 0.2) is 0 Å². The van der Waals surface area contributed by atoms with Crippen molar-refractivity contribution >= 4 is 26.5 Å². The first kappa shape index (κ1) is 19.5. The molecular weight excluding hydrogens is 397 g/mol. The summed E-state index contributed by atoms with van der Waals surface area (Å²) < 4.78 is 45.8. The number of morpholine rings is 1. The molecule has 0 atom stereocenters. The van der Waals surface area contributed by atoms with Crippen LogP contribution in [0, 0.1) is 12.7 Å². The van der Waals surface area contributed by atoms with E-state index in [0.29, 0.717) is 37.6 Å². The van der Waals surface area contributed by atoms with Crippen molar-refractivity contribution in [2.75, 3.05) is 31.3 Å². The van der Waals surface area contributed by atoms with Gasteiger partial charge in [0, 0.05) is 18.7 Å². The first-order chi connectivity index (χ1) is 13.9. The van der Waals surface area contributed by atoms with Crippen molar-refractivity contribution in [2.24, 2.45) is 5.10 Å². The Morgan fingerprint density at radius 2 is 1.90 bits per heavy atom. The minimum atomic E-state index is -4.10. The molecule has 1 fully saturated rings. The summed E-state index contributed by atoms with van der Waals surface area (Å²) in [6.45, 7) is 3.09. The van der Waals surface area contributed by atoms with Gasteiger partial charge in [-0.2, -0.15) is 5.10 Å². The highest BCUT2D eigenvalue weighted by atomic mass is 32.2. The zero-order chi connectivity index (χ0) is 20.6. The Morgan fingerprint density at radius 3 is 2.62 bits per heavy atom. The molecule has 9 heteroatoms. The van der Waals surface area contributed by atoms with E-state index in [1.165, 1.54) is 22.0 Å². The van der Waals surface area contributed by atoms with Gasteiger partial charge in [-0.3, -0.25) is 9.80 Å². The fourth-order valence-electron chi connectivity index (χ4n) is 3.35. The van der Waals surface area contributed by atoms with E-state index >= 15 is 0 Å². The monoisotopic (exact) mass is 417 g/mol. The third kappa shape index (κ3) is 3.63. The van der Waals surface area contributed by atoms with Gasteiger partial charge in [0.2, 0.25) is 14.9 Å². The van der Waals surface area contributed by atoms with Crippen LogP contribution < -0.4 is 5.01 Å². The number of benzene rings is 2. The second-order valence-corrected chi connectivity index (χ2v) is 8.77. The number of rotatable bonds is 3. The maximum Gasteiger partial charge on any atom is 0.286 e. The van der Waals surface area contributed by atoms with Gasteiger partial charge in [0.05, 0.1) is 30.3 Å². The molecule has 0 unspecified atom stereocenters. The van der Waals surface area contributed by atoms with Crippen molar-refractivity contribution in [3.8, 4) is 0 Å². The van der Waals surface area contributed by atoms with Crippen LogP contribution >= 0.6 is 0 Å². The van der Waals surface area contributed by atoms with Gasteiger partial charge in [-0.25, -0.2) is 12.8 Å². The van der Waals surface area contributed by atoms with Gasteiger partial charge in [0.1, 0.15) is 5.82 Å². The van der Waals surface area contributed by atoms with Crippen LogP contribution in [-0.4, -0.2) is 50.6 Å². The number of hydrogen-bond donors (Lipinski definition) is 0. The lowest BCUT2D eigenvalue weighted by molar-refractivity contribution is -0.127. The quantitative estimate of drug-likeness (QED) is 0.764. The molecule has 2 aromatic carbocycles. The Labute approximate surface area is 168 Å². The highest BCUT2D eigenvalue weighted by Crippen LogP contribution is 2.34. The van der Waals surface area contributed by atoms with Crippen molar-refractivity contribution in [2.45, 2.75) is 18.4 Å². The topological polar surface area (TPSA) is 79.3 Å².